The largest absolute Gasteiger partial charge is 0.314 e. The summed E-state index contributed by atoms with van der Waals surface area (Å²) in [6.45, 7) is 0. The molecule has 0 amide bonds. The fourth-order valence-electron chi connectivity index (χ4n) is 8.59. The van der Waals surface area contributed by atoms with Crippen molar-refractivity contribution in [3.63, 3.8) is 0 Å². The minimum atomic E-state index is 0.929. The number of nitrogens with zero attached hydrogens (tertiary/aromatic N) is 1. The van der Waals surface area contributed by atoms with Crippen LogP contribution in [0.15, 0.2) is 206 Å². The molecule has 0 radical (unpaired) electrons. The molecule has 262 valence electrons. The molecule has 0 unspecified atom stereocenters. The first-order valence-electron chi connectivity index (χ1n) is 19.5. The molecule has 55 heavy (non-hydrogen) atoms. The molecule has 0 spiro atoms. The highest BCUT2D eigenvalue weighted by atomic mass is 15.2. The average molecular weight is 704 g/mol. The summed E-state index contributed by atoms with van der Waals surface area (Å²) in [6, 6.07) is 62.5. The molecule has 0 bridgehead atoms. The van der Waals surface area contributed by atoms with Crippen LogP contribution in [0.4, 0.5) is 11.4 Å². The number of benzene rings is 8. The predicted molar refractivity (Wildman–Crippen MR) is 236 cm³/mol. The lowest BCUT2D eigenvalue weighted by atomic mass is 9.89. The van der Waals surface area contributed by atoms with E-state index in [2.05, 4.69) is 205 Å². The number of fused-ring (bicyclic) bond motifs is 4. The van der Waals surface area contributed by atoms with Gasteiger partial charge in [0.25, 0.3) is 0 Å². The number of allylic oxidation sites excluding steroid dienone is 8. The topological polar surface area (TPSA) is 3.24 Å². The Morgan fingerprint density at radius 3 is 1.98 bits per heavy atom. The van der Waals surface area contributed by atoms with E-state index in [9.17, 15) is 0 Å². The monoisotopic (exact) mass is 703 g/mol. The van der Waals surface area contributed by atoms with Crippen LogP contribution in [0, 0.1) is 0 Å². The lowest BCUT2D eigenvalue weighted by Gasteiger charge is -2.32. The third-order valence-electron chi connectivity index (χ3n) is 11.4. The highest BCUT2D eigenvalue weighted by molar-refractivity contribution is 6.14. The van der Waals surface area contributed by atoms with Gasteiger partial charge in [0.1, 0.15) is 0 Å². The first-order valence-corrected chi connectivity index (χ1v) is 19.5. The van der Waals surface area contributed by atoms with Crippen molar-refractivity contribution in [2.75, 3.05) is 4.90 Å². The molecule has 8 aromatic carbocycles. The molecule has 1 heteroatoms. The van der Waals surface area contributed by atoms with Crippen LogP contribution in [0.25, 0.3) is 65.7 Å². The van der Waals surface area contributed by atoms with Crippen LogP contribution in [-0.2, 0) is 0 Å². The highest BCUT2D eigenvalue weighted by Gasteiger charge is 2.23. The molecule has 2 aliphatic carbocycles. The minimum absolute atomic E-state index is 0.929. The van der Waals surface area contributed by atoms with Gasteiger partial charge in [-0.25, -0.2) is 0 Å². The highest BCUT2D eigenvalue weighted by Crippen LogP contribution is 2.45. The molecule has 10 rings (SSSR count). The van der Waals surface area contributed by atoms with E-state index in [0.29, 0.717) is 0 Å². The molecular weight excluding hydrogens is 663 g/mol. The number of hydrogen-bond acceptors (Lipinski definition) is 1. The Labute approximate surface area is 323 Å². The van der Waals surface area contributed by atoms with E-state index < -0.39 is 0 Å². The van der Waals surface area contributed by atoms with Gasteiger partial charge in [0.05, 0.1) is 5.69 Å². The Hall–Kier alpha value is -6.70. The Morgan fingerprint density at radius 1 is 0.418 bits per heavy atom. The van der Waals surface area contributed by atoms with E-state index >= 15 is 0 Å². The van der Waals surface area contributed by atoms with Crippen molar-refractivity contribution in [1.82, 2.24) is 0 Å². The van der Waals surface area contributed by atoms with Crippen LogP contribution in [0.2, 0.25) is 0 Å². The normalized spacial score (nSPS) is 14.1. The van der Waals surface area contributed by atoms with E-state index in [0.717, 1.165) is 25.7 Å². The van der Waals surface area contributed by atoms with Gasteiger partial charge in [0, 0.05) is 16.8 Å². The molecule has 0 saturated heterocycles. The average Bonchev–Trinajstić information content (AvgIpc) is 3.27. The maximum Gasteiger partial charge on any atom is 0.0543 e. The fourth-order valence-corrected chi connectivity index (χ4v) is 8.59. The third kappa shape index (κ3) is 6.28. The Bertz CT molecular complexity index is 2870. The molecule has 2 aliphatic rings. The molecule has 0 atom stereocenters. The maximum absolute atomic E-state index is 2.54. The number of anilines is 2. The van der Waals surface area contributed by atoms with E-state index in [1.165, 1.54) is 93.9 Å². The van der Waals surface area contributed by atoms with Gasteiger partial charge >= 0.3 is 0 Å². The van der Waals surface area contributed by atoms with Crippen LogP contribution in [0.1, 0.15) is 36.8 Å². The van der Waals surface area contributed by atoms with Crippen molar-refractivity contribution in [3.05, 3.63) is 217 Å². The van der Waals surface area contributed by atoms with Crippen LogP contribution >= 0.6 is 0 Å². The zero-order chi connectivity index (χ0) is 36.6. The van der Waals surface area contributed by atoms with Gasteiger partial charge in [-0.05, 0) is 134 Å². The lowest BCUT2D eigenvalue weighted by molar-refractivity contribution is 0.932. The van der Waals surface area contributed by atoms with Crippen molar-refractivity contribution >= 4 is 54.8 Å². The van der Waals surface area contributed by atoms with Crippen molar-refractivity contribution < 1.29 is 0 Å². The van der Waals surface area contributed by atoms with E-state index in [1.54, 1.807) is 0 Å². The summed E-state index contributed by atoms with van der Waals surface area (Å²) in [5.74, 6) is 0. The van der Waals surface area contributed by atoms with Crippen LogP contribution in [0.3, 0.4) is 0 Å². The first-order chi connectivity index (χ1) is 27.3. The summed E-state index contributed by atoms with van der Waals surface area (Å²) in [6.07, 6.45) is 15.8. The van der Waals surface area contributed by atoms with Crippen molar-refractivity contribution in [2.24, 2.45) is 0 Å². The lowest BCUT2D eigenvalue weighted by Crippen LogP contribution is -2.18. The molecule has 8 aromatic rings. The molecule has 0 N–H and O–H groups in total. The van der Waals surface area contributed by atoms with Crippen molar-refractivity contribution in [2.45, 2.75) is 25.7 Å². The molecule has 0 aromatic heterocycles. The van der Waals surface area contributed by atoms with E-state index in [-0.39, 0.29) is 0 Å². The number of rotatable bonds is 7. The third-order valence-corrected chi connectivity index (χ3v) is 11.4. The number of hydrogen-bond donors (Lipinski definition) is 0. The van der Waals surface area contributed by atoms with E-state index in [1.807, 2.05) is 0 Å². The molecular formula is C54H41N. The Balaban J connectivity index is 1.16. The first kappa shape index (κ1) is 32.9. The summed E-state index contributed by atoms with van der Waals surface area (Å²) in [7, 11) is 0. The van der Waals surface area contributed by atoms with Gasteiger partial charge < -0.3 is 4.90 Å². The van der Waals surface area contributed by atoms with Crippen LogP contribution in [0.5, 0.6) is 0 Å². The second kappa shape index (κ2) is 14.3. The van der Waals surface area contributed by atoms with Gasteiger partial charge in [-0.15, -0.1) is 0 Å². The molecule has 0 aliphatic heterocycles. The van der Waals surface area contributed by atoms with E-state index in [4.69, 9.17) is 0 Å². The zero-order valence-electron chi connectivity index (χ0n) is 30.8. The van der Waals surface area contributed by atoms with Gasteiger partial charge in [-0.1, -0.05) is 164 Å². The van der Waals surface area contributed by atoms with Gasteiger partial charge in [0.15, 0.2) is 0 Å². The van der Waals surface area contributed by atoms with Gasteiger partial charge in [-0.3, -0.25) is 0 Å². The standard InChI is InChI=1S/C54H41N/c1-3-14-38(15-4-1)43-21-13-22-45(35-43)50-33-32-48(37-53(50)41-17-5-2-6-18-41)55(54-36-46-20-9-10-23-49(46)51-24-11-12-25-52(51)54)47-30-28-40(29-31-47)44-27-26-39-16-7-8-19-42(39)34-44/h1,3-5,7-28,30,32-37H,2,6,29,31H2. The summed E-state index contributed by atoms with van der Waals surface area (Å²) >= 11 is 0. The SMILES string of the molecule is C1=CC(c2cc(N(C3=CC=C(c4ccc5ccccc5c4)CC3)c3cc4ccccc4c4ccccc34)ccc2-c2cccc(-c3ccccc3)c2)=CCC1. The van der Waals surface area contributed by atoms with Crippen molar-refractivity contribution in [1.29, 1.82) is 0 Å². The second-order valence-corrected chi connectivity index (χ2v) is 14.7. The zero-order valence-corrected chi connectivity index (χ0v) is 30.8. The van der Waals surface area contributed by atoms with Gasteiger partial charge in [0.2, 0.25) is 0 Å². The molecule has 0 heterocycles. The van der Waals surface area contributed by atoms with Crippen molar-refractivity contribution in [3.8, 4) is 22.3 Å². The summed E-state index contributed by atoms with van der Waals surface area (Å²) < 4.78 is 0. The summed E-state index contributed by atoms with van der Waals surface area (Å²) in [5.41, 5.74) is 13.8. The summed E-state index contributed by atoms with van der Waals surface area (Å²) in [5, 5.41) is 7.62. The Morgan fingerprint density at radius 2 is 1.16 bits per heavy atom. The predicted octanol–water partition coefficient (Wildman–Crippen LogP) is 15.1. The quantitative estimate of drug-likeness (QED) is 0.149. The fraction of sp³-hybridized carbons (Fsp3) is 0.0741. The van der Waals surface area contributed by atoms with Crippen LogP contribution in [-0.4, -0.2) is 0 Å². The van der Waals surface area contributed by atoms with Crippen LogP contribution < -0.4 is 4.90 Å². The van der Waals surface area contributed by atoms with Gasteiger partial charge in [-0.2, -0.15) is 0 Å². The smallest absolute Gasteiger partial charge is 0.0543 e. The maximum atomic E-state index is 2.54. The second-order valence-electron chi connectivity index (χ2n) is 14.7. The molecule has 1 nitrogen and oxygen atoms in total. The molecule has 0 fully saturated rings. The minimum Gasteiger partial charge on any atom is -0.314 e. The Kier molecular flexibility index (Phi) is 8.54. The summed E-state index contributed by atoms with van der Waals surface area (Å²) in [4.78, 5) is 2.54. The molecule has 0 saturated carbocycles.